The number of aliphatic imine (C=N–C) groups is 1. The van der Waals surface area contributed by atoms with Crippen LogP contribution >= 0.6 is 0 Å². The number of aryl methyl sites for hydroxylation is 1. The number of rotatable bonds is 4. The van der Waals surface area contributed by atoms with Crippen LogP contribution in [0.5, 0.6) is 0 Å². The van der Waals surface area contributed by atoms with Gasteiger partial charge in [-0.3, -0.25) is 0 Å². The molecule has 3 heterocycles. The molecule has 6 N–H and O–H groups in total. The van der Waals surface area contributed by atoms with Crippen molar-refractivity contribution in [1.29, 1.82) is 0 Å². The van der Waals surface area contributed by atoms with Crippen molar-refractivity contribution >= 4 is 28.4 Å². The summed E-state index contributed by atoms with van der Waals surface area (Å²) in [6.45, 7) is 0. The molecule has 0 unspecified atom stereocenters. The van der Waals surface area contributed by atoms with E-state index in [2.05, 4.69) is 33.2 Å². The molecule has 0 amide bonds. The van der Waals surface area contributed by atoms with Gasteiger partial charge in [0.15, 0.2) is 0 Å². The Labute approximate surface area is 191 Å². The number of aliphatic hydroxyl groups excluding tert-OH is 2. The van der Waals surface area contributed by atoms with Crippen molar-refractivity contribution in [3.05, 3.63) is 47.9 Å². The summed E-state index contributed by atoms with van der Waals surface area (Å²) < 4.78 is 1.98. The average molecular weight is 445 g/mol. The van der Waals surface area contributed by atoms with Crippen molar-refractivity contribution in [3.8, 4) is 0 Å². The third-order valence-electron chi connectivity index (χ3n) is 9.11. The molecule has 3 saturated carbocycles. The molecule has 0 radical (unpaired) electrons. The van der Waals surface area contributed by atoms with Crippen LogP contribution in [0.15, 0.2) is 41.8 Å². The summed E-state index contributed by atoms with van der Waals surface area (Å²) in [5, 5.41) is 22.8. The highest BCUT2D eigenvalue weighted by Gasteiger charge is 2.70. The predicted octanol–water partition coefficient (Wildman–Crippen LogP) is 2.35. The highest BCUT2D eigenvalue weighted by atomic mass is 16.3. The number of hydrogen-bond donors (Lipinski definition) is 4. The zero-order chi connectivity index (χ0) is 22.5. The Morgan fingerprint density at radius 3 is 2.76 bits per heavy atom. The first-order valence-corrected chi connectivity index (χ1v) is 11.9. The minimum atomic E-state index is -0.835. The largest absolute Gasteiger partial charge is 0.390 e. The fraction of sp³-hybridized carbons (Fsp3) is 0.480. The first-order chi connectivity index (χ1) is 15.9. The van der Waals surface area contributed by atoms with Crippen molar-refractivity contribution < 1.29 is 10.2 Å². The quantitative estimate of drug-likeness (QED) is 0.488. The van der Waals surface area contributed by atoms with Crippen LogP contribution in [0.2, 0.25) is 0 Å². The van der Waals surface area contributed by atoms with Crippen LogP contribution in [0.25, 0.3) is 11.0 Å². The van der Waals surface area contributed by atoms with Gasteiger partial charge in [-0.2, -0.15) is 0 Å². The van der Waals surface area contributed by atoms with Crippen LogP contribution in [0.3, 0.4) is 0 Å². The third kappa shape index (κ3) is 2.40. The number of nitrogens with two attached hydrogens (primary N) is 2. The van der Waals surface area contributed by atoms with Crippen LogP contribution < -0.4 is 11.5 Å². The fourth-order valence-electron chi connectivity index (χ4n) is 6.98. The van der Waals surface area contributed by atoms with Crippen LogP contribution in [-0.2, 0) is 11.8 Å². The molecule has 3 fully saturated rings. The van der Waals surface area contributed by atoms with E-state index < -0.39 is 12.2 Å². The number of benzene rings is 1. The molecule has 33 heavy (non-hydrogen) atoms. The molecule has 3 aromatic rings. The maximum Gasteiger partial charge on any atom is 0.145 e. The van der Waals surface area contributed by atoms with Crippen LogP contribution in [0, 0.1) is 11.3 Å². The number of amidine groups is 1. The molecule has 2 aromatic heterocycles. The zero-order valence-electron chi connectivity index (χ0n) is 18.4. The highest BCUT2D eigenvalue weighted by molar-refractivity contribution is 6.00. The first kappa shape index (κ1) is 19.5. The van der Waals surface area contributed by atoms with Gasteiger partial charge in [0.1, 0.15) is 29.7 Å². The Morgan fingerprint density at radius 2 is 1.97 bits per heavy atom. The van der Waals surface area contributed by atoms with Gasteiger partial charge in [-0.15, -0.1) is 0 Å². The Bertz CT molecular complexity index is 1330. The number of nitrogen functional groups attached to an aromatic ring is 1. The van der Waals surface area contributed by atoms with E-state index in [1.165, 1.54) is 23.9 Å². The van der Waals surface area contributed by atoms with Crippen LogP contribution in [0.4, 0.5) is 11.5 Å². The zero-order valence-corrected chi connectivity index (χ0v) is 18.4. The van der Waals surface area contributed by atoms with E-state index in [-0.39, 0.29) is 22.8 Å². The Balaban J connectivity index is 1.14. The molecule has 5 atom stereocenters. The summed E-state index contributed by atoms with van der Waals surface area (Å²) in [4.78, 5) is 13.1. The lowest BCUT2D eigenvalue weighted by atomic mass is 9.64. The Hall–Kier alpha value is -2.97. The minimum absolute atomic E-state index is 0.0143. The van der Waals surface area contributed by atoms with Gasteiger partial charge in [-0.25, -0.2) is 15.0 Å². The van der Waals surface area contributed by atoms with Gasteiger partial charge in [-0.05, 0) is 61.3 Å². The molecule has 8 heteroatoms. The molecule has 7 rings (SSSR count). The number of anilines is 1. The summed E-state index contributed by atoms with van der Waals surface area (Å²) in [6, 6.07) is 8.23. The van der Waals surface area contributed by atoms with Crippen LogP contribution in [-0.4, -0.2) is 42.8 Å². The summed E-state index contributed by atoms with van der Waals surface area (Å²) in [7, 11) is 0. The molecule has 3 aliphatic carbocycles. The second-order valence-corrected chi connectivity index (χ2v) is 10.5. The molecule has 0 bridgehead atoms. The van der Waals surface area contributed by atoms with Crippen molar-refractivity contribution in [2.45, 2.75) is 62.2 Å². The summed E-state index contributed by atoms with van der Waals surface area (Å²) in [6.07, 6.45) is 7.71. The number of fused-ring (bicyclic) bond motifs is 4. The minimum Gasteiger partial charge on any atom is -0.390 e. The van der Waals surface area contributed by atoms with Gasteiger partial charge < -0.3 is 26.2 Å². The molecule has 8 nitrogen and oxygen atoms in total. The summed E-state index contributed by atoms with van der Waals surface area (Å²) in [5.74, 6) is 1.40. The normalized spacial score (nSPS) is 33.1. The van der Waals surface area contributed by atoms with E-state index in [9.17, 15) is 10.2 Å². The second-order valence-electron chi connectivity index (χ2n) is 10.5. The van der Waals surface area contributed by atoms with E-state index >= 15 is 0 Å². The van der Waals surface area contributed by atoms with Crippen molar-refractivity contribution in [3.63, 3.8) is 0 Å². The number of nitrogens with zero attached hydrogens (tertiary/aromatic N) is 4. The smallest absolute Gasteiger partial charge is 0.145 e. The standard InChI is InChI=1S/C25H28N6O2/c26-21-14-5-9-31(22(14)29-12-28-21)18-16-11-25(16,20(33)19(18)32)8-4-13-2-3-15-17(10-13)30-23(27)24(15)6-1-7-24/h2-3,5,9-10,12,16,18-20,32-33H,1,4,6-8,11H2,(H2,27,30)(H2,26,28,29)/t16-,18-,19+,20+,25-/m1/s1. The topological polar surface area (TPSA) is 136 Å². The number of aliphatic hydroxyl groups is 2. The SMILES string of the molecule is NC1=Nc2cc(CC[C@@]34C[C@@H]3[C@@H](n3ccc5c(N)ncnc53)[C@H](O)[C@@H]4O)ccc2C12CCC2. The van der Waals surface area contributed by atoms with Crippen molar-refractivity contribution in [2.24, 2.45) is 22.1 Å². The highest BCUT2D eigenvalue weighted by Crippen LogP contribution is 2.69. The molecule has 1 aromatic carbocycles. The maximum atomic E-state index is 11.1. The lowest BCUT2D eigenvalue weighted by Gasteiger charge is -2.38. The number of hydrogen-bond acceptors (Lipinski definition) is 7. The monoisotopic (exact) mass is 444 g/mol. The van der Waals surface area contributed by atoms with Gasteiger partial charge in [0.25, 0.3) is 0 Å². The van der Waals surface area contributed by atoms with Crippen molar-refractivity contribution in [2.75, 3.05) is 5.73 Å². The molecular formula is C25H28N6O2. The lowest BCUT2D eigenvalue weighted by Crippen LogP contribution is -2.44. The van der Waals surface area contributed by atoms with E-state index in [1.54, 1.807) is 0 Å². The van der Waals surface area contributed by atoms with Gasteiger partial charge in [-0.1, -0.05) is 18.6 Å². The Kier molecular flexibility index (Phi) is 3.74. The second kappa shape index (κ2) is 6.33. The maximum absolute atomic E-state index is 11.1. The predicted molar refractivity (Wildman–Crippen MR) is 125 cm³/mol. The van der Waals surface area contributed by atoms with E-state index in [4.69, 9.17) is 11.5 Å². The van der Waals surface area contributed by atoms with Gasteiger partial charge in [0, 0.05) is 11.6 Å². The van der Waals surface area contributed by atoms with E-state index in [0.717, 1.165) is 49.0 Å². The summed E-state index contributed by atoms with van der Waals surface area (Å²) in [5.41, 5.74) is 16.2. The van der Waals surface area contributed by atoms with Crippen LogP contribution in [0.1, 0.15) is 49.3 Å². The average Bonchev–Trinajstić information content (AvgIpc) is 3.08. The summed E-state index contributed by atoms with van der Waals surface area (Å²) >= 11 is 0. The molecule has 1 spiro atoms. The van der Waals surface area contributed by atoms with E-state index in [0.29, 0.717) is 11.5 Å². The third-order valence-corrected chi connectivity index (χ3v) is 9.11. The van der Waals surface area contributed by atoms with Gasteiger partial charge in [0.05, 0.1) is 28.6 Å². The van der Waals surface area contributed by atoms with Gasteiger partial charge in [0.2, 0.25) is 0 Å². The lowest BCUT2D eigenvalue weighted by molar-refractivity contribution is -0.0191. The molecule has 1 aliphatic heterocycles. The molecular weight excluding hydrogens is 416 g/mol. The van der Waals surface area contributed by atoms with Gasteiger partial charge >= 0.3 is 0 Å². The molecule has 0 saturated heterocycles. The number of aromatic nitrogens is 3. The molecule has 4 aliphatic rings. The fourth-order valence-corrected chi connectivity index (χ4v) is 6.98. The Morgan fingerprint density at radius 1 is 1.12 bits per heavy atom. The van der Waals surface area contributed by atoms with Crippen molar-refractivity contribution in [1.82, 2.24) is 14.5 Å². The molecule has 170 valence electrons. The van der Waals surface area contributed by atoms with E-state index in [1.807, 2.05) is 16.8 Å². The first-order valence-electron chi connectivity index (χ1n) is 11.9.